The summed E-state index contributed by atoms with van der Waals surface area (Å²) in [6.45, 7) is 1.11. The van der Waals surface area contributed by atoms with Crippen LogP contribution in [0.2, 0.25) is 0 Å². The molecule has 1 atom stereocenters. The van der Waals surface area contributed by atoms with E-state index in [1.807, 2.05) is 13.0 Å². The van der Waals surface area contributed by atoms with Gasteiger partial charge in [-0.2, -0.15) is 0 Å². The minimum absolute atomic E-state index is 0.00424. The molecule has 9 nitrogen and oxygen atoms in total. The average Bonchev–Trinajstić information content (AvgIpc) is 3.08. The first-order chi connectivity index (χ1) is 22.6. The van der Waals surface area contributed by atoms with Crippen LogP contribution in [0.4, 0.5) is 14.5 Å². The summed E-state index contributed by atoms with van der Waals surface area (Å²) in [6, 6.07) is 22.3. The lowest BCUT2D eigenvalue weighted by Crippen LogP contribution is -2.53. The minimum atomic E-state index is -4.50. The molecule has 0 bridgehead atoms. The smallest absolute Gasteiger partial charge is 0.264 e. The van der Waals surface area contributed by atoms with E-state index in [1.165, 1.54) is 67.7 Å². The highest BCUT2D eigenvalue weighted by atomic mass is 32.2. The summed E-state index contributed by atoms with van der Waals surface area (Å²) in [4.78, 5) is 29.1. The van der Waals surface area contributed by atoms with Crippen molar-refractivity contribution in [1.29, 1.82) is 0 Å². The third-order valence-electron chi connectivity index (χ3n) is 7.46. The van der Waals surface area contributed by atoms with Gasteiger partial charge in [0.2, 0.25) is 11.8 Å². The van der Waals surface area contributed by atoms with E-state index in [1.54, 1.807) is 30.3 Å². The van der Waals surface area contributed by atoms with E-state index in [0.717, 1.165) is 22.0 Å². The first kappa shape index (κ1) is 34.9. The van der Waals surface area contributed by atoms with Gasteiger partial charge < -0.3 is 19.7 Å². The second kappa shape index (κ2) is 16.0. The number of hydrogen-bond acceptors (Lipinski definition) is 6. The van der Waals surface area contributed by atoms with Gasteiger partial charge in [-0.25, -0.2) is 17.2 Å². The minimum Gasteiger partial charge on any atom is -0.493 e. The highest BCUT2D eigenvalue weighted by Gasteiger charge is 2.35. The van der Waals surface area contributed by atoms with Gasteiger partial charge in [-0.1, -0.05) is 55.5 Å². The molecule has 0 spiro atoms. The van der Waals surface area contributed by atoms with Crippen LogP contribution in [0.5, 0.6) is 11.5 Å². The Morgan fingerprint density at radius 1 is 0.851 bits per heavy atom. The molecule has 248 valence electrons. The molecule has 0 heterocycles. The number of rotatable bonds is 15. The van der Waals surface area contributed by atoms with Crippen LogP contribution >= 0.6 is 0 Å². The second-order valence-electron chi connectivity index (χ2n) is 10.6. The van der Waals surface area contributed by atoms with Crippen LogP contribution in [0, 0.1) is 11.6 Å². The molecule has 47 heavy (non-hydrogen) atoms. The summed E-state index contributed by atoms with van der Waals surface area (Å²) in [5.74, 6) is -2.04. The largest absolute Gasteiger partial charge is 0.493 e. The molecule has 4 aromatic carbocycles. The molecule has 0 aliphatic heterocycles. The van der Waals surface area contributed by atoms with Gasteiger partial charge in [-0.3, -0.25) is 13.9 Å². The summed E-state index contributed by atoms with van der Waals surface area (Å²) in [5, 5.41) is 2.83. The number of nitrogens with zero attached hydrogens (tertiary/aromatic N) is 2. The van der Waals surface area contributed by atoms with E-state index in [2.05, 4.69) is 5.32 Å². The molecule has 0 aliphatic carbocycles. The number of carbonyl (C=O) groups is 2. The summed E-state index contributed by atoms with van der Waals surface area (Å²) in [6.07, 6.45) is 0.711. The first-order valence-electron chi connectivity index (χ1n) is 14.9. The van der Waals surface area contributed by atoms with Gasteiger partial charge in [0.05, 0.1) is 24.8 Å². The van der Waals surface area contributed by atoms with Gasteiger partial charge in [0.15, 0.2) is 11.5 Å². The number of amides is 2. The second-order valence-corrected chi connectivity index (χ2v) is 12.5. The summed E-state index contributed by atoms with van der Waals surface area (Å²) < 4.78 is 68.8. The SMILES string of the molecule is CCCNC(=O)C(Cc1ccccc1)N(Cc1ccccc1F)C(=O)CN(c1ccc(F)cc1)S(=O)(=O)c1ccc(OC)c(OC)c1. The van der Waals surface area contributed by atoms with Gasteiger partial charge in [0.1, 0.15) is 24.2 Å². The van der Waals surface area contributed by atoms with Crippen molar-refractivity contribution < 1.29 is 36.3 Å². The van der Waals surface area contributed by atoms with Crippen LogP contribution in [-0.2, 0) is 32.6 Å². The quantitative estimate of drug-likeness (QED) is 0.184. The zero-order chi connectivity index (χ0) is 34.0. The van der Waals surface area contributed by atoms with E-state index in [0.29, 0.717) is 13.0 Å². The van der Waals surface area contributed by atoms with Gasteiger partial charge >= 0.3 is 0 Å². The molecule has 0 saturated carbocycles. The fourth-order valence-electron chi connectivity index (χ4n) is 4.97. The number of ether oxygens (including phenoxy) is 2. The Morgan fingerprint density at radius 2 is 1.51 bits per heavy atom. The Hall–Kier alpha value is -4.97. The number of hydrogen-bond donors (Lipinski definition) is 1. The number of anilines is 1. The molecule has 1 unspecified atom stereocenters. The van der Waals surface area contributed by atoms with E-state index in [4.69, 9.17) is 9.47 Å². The Morgan fingerprint density at radius 3 is 2.15 bits per heavy atom. The zero-order valence-corrected chi connectivity index (χ0v) is 27.2. The highest BCUT2D eigenvalue weighted by molar-refractivity contribution is 7.92. The maximum Gasteiger partial charge on any atom is 0.264 e. The standard InChI is InChI=1S/C35H37F2N3O6S/c1-4-20-38-35(42)31(21-25-10-6-5-7-11-25)39(23-26-12-8-9-13-30(26)37)34(41)24-40(28-16-14-27(36)15-17-28)47(43,44)29-18-19-32(45-2)33(22-29)46-3/h5-19,22,31H,4,20-21,23-24H2,1-3H3,(H,38,42). The topological polar surface area (TPSA) is 105 Å². The van der Waals surface area contributed by atoms with Crippen LogP contribution in [0.15, 0.2) is 102 Å². The lowest BCUT2D eigenvalue weighted by Gasteiger charge is -2.34. The van der Waals surface area contributed by atoms with E-state index >= 15 is 4.39 Å². The number of benzene rings is 4. The van der Waals surface area contributed by atoms with Crippen LogP contribution in [0.3, 0.4) is 0 Å². The van der Waals surface area contributed by atoms with Crippen molar-refractivity contribution in [3.8, 4) is 11.5 Å². The molecule has 0 aliphatic rings. The molecule has 4 rings (SSSR count). The molecular weight excluding hydrogens is 628 g/mol. The lowest BCUT2D eigenvalue weighted by molar-refractivity contribution is -0.140. The molecular formula is C35H37F2N3O6S. The Labute approximate surface area is 273 Å². The Kier molecular flexibility index (Phi) is 11.9. The predicted octanol–water partition coefficient (Wildman–Crippen LogP) is 5.34. The Bertz CT molecular complexity index is 1770. The normalized spacial score (nSPS) is 11.8. The van der Waals surface area contributed by atoms with Gasteiger partial charge in [0, 0.05) is 31.1 Å². The van der Waals surface area contributed by atoms with Gasteiger partial charge in [0.25, 0.3) is 10.0 Å². The first-order valence-corrected chi connectivity index (χ1v) is 16.4. The summed E-state index contributed by atoms with van der Waals surface area (Å²) >= 11 is 0. The van der Waals surface area contributed by atoms with Crippen molar-refractivity contribution in [2.45, 2.75) is 37.2 Å². The molecule has 4 aromatic rings. The zero-order valence-electron chi connectivity index (χ0n) is 26.4. The third kappa shape index (κ3) is 8.64. The van der Waals surface area contributed by atoms with E-state index in [-0.39, 0.29) is 40.6 Å². The van der Waals surface area contributed by atoms with Crippen LogP contribution in [0.25, 0.3) is 0 Å². The van der Waals surface area contributed by atoms with Crippen LogP contribution in [-0.4, -0.2) is 58.5 Å². The van der Waals surface area contributed by atoms with Gasteiger partial charge in [-0.15, -0.1) is 0 Å². The van der Waals surface area contributed by atoms with Crippen molar-refractivity contribution in [1.82, 2.24) is 10.2 Å². The van der Waals surface area contributed by atoms with Crippen LogP contribution < -0.4 is 19.1 Å². The highest BCUT2D eigenvalue weighted by Crippen LogP contribution is 2.32. The summed E-state index contributed by atoms with van der Waals surface area (Å²) in [5.41, 5.74) is 0.873. The number of nitrogens with one attached hydrogen (secondary N) is 1. The molecule has 0 saturated heterocycles. The van der Waals surface area contributed by atoms with Crippen molar-refractivity contribution in [2.75, 3.05) is 31.6 Å². The fraction of sp³-hybridized carbons (Fsp3) is 0.257. The molecule has 0 aromatic heterocycles. The molecule has 0 fully saturated rings. The van der Waals surface area contributed by atoms with Crippen molar-refractivity contribution in [3.63, 3.8) is 0 Å². The summed E-state index contributed by atoms with van der Waals surface area (Å²) in [7, 11) is -1.74. The van der Waals surface area contributed by atoms with Crippen molar-refractivity contribution >= 4 is 27.5 Å². The van der Waals surface area contributed by atoms with E-state index < -0.39 is 46.1 Å². The van der Waals surface area contributed by atoms with Gasteiger partial charge in [-0.05, 0) is 54.4 Å². The Balaban J connectivity index is 1.82. The van der Waals surface area contributed by atoms with Crippen molar-refractivity contribution in [2.24, 2.45) is 0 Å². The maximum atomic E-state index is 15.0. The lowest BCUT2D eigenvalue weighted by atomic mass is 10.0. The molecule has 1 N–H and O–H groups in total. The number of methoxy groups -OCH3 is 2. The fourth-order valence-corrected chi connectivity index (χ4v) is 6.40. The van der Waals surface area contributed by atoms with Crippen LogP contribution in [0.1, 0.15) is 24.5 Å². The monoisotopic (exact) mass is 665 g/mol. The van der Waals surface area contributed by atoms with Crippen molar-refractivity contribution in [3.05, 3.63) is 120 Å². The van der Waals surface area contributed by atoms with E-state index in [9.17, 15) is 22.4 Å². The number of carbonyl (C=O) groups excluding carboxylic acids is 2. The molecule has 0 radical (unpaired) electrons. The number of sulfonamides is 1. The third-order valence-corrected chi connectivity index (χ3v) is 9.23. The predicted molar refractivity (Wildman–Crippen MR) is 175 cm³/mol. The maximum absolute atomic E-state index is 15.0. The molecule has 12 heteroatoms. The molecule has 2 amide bonds. The number of halogens is 2. The average molecular weight is 666 g/mol.